The highest BCUT2D eigenvalue weighted by Crippen LogP contribution is 2.28. The maximum absolute atomic E-state index is 5.87. The predicted molar refractivity (Wildman–Crippen MR) is 115 cm³/mol. The Morgan fingerprint density at radius 2 is 1.08 bits per heavy atom. The van der Waals surface area contributed by atoms with Crippen LogP contribution in [0, 0.1) is 0 Å². The van der Waals surface area contributed by atoms with Crippen molar-refractivity contribution in [3.8, 4) is 11.5 Å². The Balaban J connectivity index is -0.00000121. The third kappa shape index (κ3) is 7.88. The second kappa shape index (κ2) is 12.7. The van der Waals surface area contributed by atoms with Crippen LogP contribution >= 0.6 is 49.6 Å². The van der Waals surface area contributed by atoms with Gasteiger partial charge in [0, 0.05) is 17.8 Å². The van der Waals surface area contributed by atoms with Crippen LogP contribution in [0.4, 0.5) is 22.7 Å². The summed E-state index contributed by atoms with van der Waals surface area (Å²) in [6, 6.07) is 10.1. The van der Waals surface area contributed by atoms with Crippen molar-refractivity contribution >= 4 is 72.4 Å². The number of benzene rings is 2. The molecule has 0 radical (unpaired) electrons. The summed E-state index contributed by atoms with van der Waals surface area (Å²) < 4.78 is 11.5. The van der Waals surface area contributed by atoms with Gasteiger partial charge in [-0.15, -0.1) is 49.6 Å². The van der Waals surface area contributed by atoms with E-state index < -0.39 is 6.29 Å². The molecule has 0 amide bonds. The maximum atomic E-state index is 5.87. The Kier molecular flexibility index (Phi) is 14.4. The van der Waals surface area contributed by atoms with Crippen LogP contribution in [0.15, 0.2) is 36.4 Å². The molecule has 0 aliphatic carbocycles. The number of ether oxygens (including phenoxy) is 2. The van der Waals surface area contributed by atoms with Gasteiger partial charge in [-0.2, -0.15) is 0 Å². The number of anilines is 4. The summed E-state index contributed by atoms with van der Waals surface area (Å²) in [6.45, 7) is 1.94. The highest BCUT2D eigenvalue weighted by molar-refractivity contribution is 5.86. The van der Waals surface area contributed by atoms with Gasteiger partial charge in [0.25, 0.3) is 0 Å². The van der Waals surface area contributed by atoms with Crippen LogP contribution in [0.3, 0.4) is 0 Å². The lowest BCUT2D eigenvalue weighted by molar-refractivity contribution is 0.00447. The molecule has 2 aromatic carbocycles. The molecule has 0 fully saturated rings. The lowest BCUT2D eigenvalue weighted by Gasteiger charge is -2.21. The van der Waals surface area contributed by atoms with Gasteiger partial charge in [0.05, 0.1) is 11.4 Å². The standard InChI is InChI=1S/C15H20N4O2.4ClH/c1-2-15(20-13-5-3-9(16)7-11(13)18)21-14-6-4-10(17)8-12(14)19;;;;/h3-8,15H,2,16-19H2,1H3;4*1H. The normalized spacial score (nSPS) is 8.88. The van der Waals surface area contributed by atoms with Gasteiger partial charge in [-0.25, -0.2) is 0 Å². The molecule has 0 saturated heterocycles. The molecule has 8 N–H and O–H groups in total. The number of rotatable bonds is 5. The SMILES string of the molecule is CCC(Oc1ccc(N)cc1N)Oc1ccc(N)cc1N.Cl.Cl.Cl.Cl. The zero-order chi connectivity index (χ0) is 15.4. The Morgan fingerprint density at radius 3 is 1.36 bits per heavy atom. The van der Waals surface area contributed by atoms with Gasteiger partial charge in [-0.3, -0.25) is 0 Å². The van der Waals surface area contributed by atoms with E-state index in [2.05, 4.69) is 0 Å². The fourth-order valence-corrected chi connectivity index (χ4v) is 1.82. The second-order valence-corrected chi connectivity index (χ2v) is 4.67. The summed E-state index contributed by atoms with van der Waals surface area (Å²) in [5.41, 5.74) is 25.1. The first kappa shape index (κ1) is 28.2. The molecule has 0 aromatic heterocycles. The molecule has 0 heterocycles. The molecule has 0 aliphatic heterocycles. The average molecular weight is 434 g/mol. The topological polar surface area (TPSA) is 123 Å². The van der Waals surface area contributed by atoms with Crippen molar-refractivity contribution in [3.05, 3.63) is 36.4 Å². The van der Waals surface area contributed by atoms with Crippen molar-refractivity contribution in [2.24, 2.45) is 0 Å². The molecule has 2 rings (SSSR count). The summed E-state index contributed by atoms with van der Waals surface area (Å²) in [5.74, 6) is 1.04. The zero-order valence-electron chi connectivity index (χ0n) is 13.5. The summed E-state index contributed by atoms with van der Waals surface area (Å²) in [7, 11) is 0. The van der Waals surface area contributed by atoms with Gasteiger partial charge >= 0.3 is 0 Å². The van der Waals surface area contributed by atoms with E-state index in [0.717, 1.165) is 0 Å². The predicted octanol–water partition coefficient (Wildman–Crippen LogP) is 3.90. The second-order valence-electron chi connectivity index (χ2n) is 4.67. The molecule has 144 valence electrons. The van der Waals surface area contributed by atoms with Crippen molar-refractivity contribution in [1.29, 1.82) is 0 Å². The van der Waals surface area contributed by atoms with Crippen molar-refractivity contribution in [1.82, 2.24) is 0 Å². The summed E-state index contributed by atoms with van der Waals surface area (Å²) >= 11 is 0. The van der Waals surface area contributed by atoms with Crippen LogP contribution in [0.25, 0.3) is 0 Å². The van der Waals surface area contributed by atoms with Gasteiger partial charge < -0.3 is 32.4 Å². The molecule has 0 saturated carbocycles. The van der Waals surface area contributed by atoms with Gasteiger partial charge in [0.2, 0.25) is 6.29 Å². The highest BCUT2D eigenvalue weighted by Gasteiger charge is 2.13. The van der Waals surface area contributed by atoms with E-state index in [-0.39, 0.29) is 49.6 Å². The monoisotopic (exact) mass is 432 g/mol. The Bertz CT molecular complexity index is 593. The van der Waals surface area contributed by atoms with Crippen LogP contribution < -0.4 is 32.4 Å². The van der Waals surface area contributed by atoms with E-state index in [1.165, 1.54) is 0 Å². The molecule has 0 unspecified atom stereocenters. The molecule has 0 spiro atoms. The maximum Gasteiger partial charge on any atom is 0.241 e. The average Bonchev–Trinajstić information content (AvgIpc) is 2.43. The zero-order valence-corrected chi connectivity index (χ0v) is 16.8. The van der Waals surface area contributed by atoms with Crippen molar-refractivity contribution < 1.29 is 9.47 Å². The van der Waals surface area contributed by atoms with E-state index in [1.54, 1.807) is 36.4 Å². The van der Waals surface area contributed by atoms with Crippen molar-refractivity contribution in [2.75, 3.05) is 22.9 Å². The smallest absolute Gasteiger partial charge is 0.241 e. The molecule has 0 bridgehead atoms. The van der Waals surface area contributed by atoms with Gasteiger partial charge in [0.1, 0.15) is 11.5 Å². The number of hydrogen-bond donors (Lipinski definition) is 4. The molecule has 25 heavy (non-hydrogen) atoms. The first-order valence-corrected chi connectivity index (χ1v) is 6.63. The highest BCUT2D eigenvalue weighted by atomic mass is 35.5. The molecule has 0 aliphatic rings. The van der Waals surface area contributed by atoms with Crippen molar-refractivity contribution in [2.45, 2.75) is 19.6 Å². The molecule has 10 heteroatoms. The lowest BCUT2D eigenvalue weighted by Crippen LogP contribution is -2.23. The first-order valence-electron chi connectivity index (χ1n) is 6.63. The minimum Gasteiger partial charge on any atom is -0.453 e. The number of nitrogen functional groups attached to an aromatic ring is 4. The Hall–Kier alpha value is -1.60. The molecular weight excluding hydrogens is 410 g/mol. The van der Waals surface area contributed by atoms with Crippen LogP contribution in [0.5, 0.6) is 11.5 Å². The van der Waals surface area contributed by atoms with Gasteiger partial charge in [-0.1, -0.05) is 6.92 Å². The van der Waals surface area contributed by atoms with Crippen molar-refractivity contribution in [3.63, 3.8) is 0 Å². The van der Waals surface area contributed by atoms with Crippen LogP contribution in [-0.4, -0.2) is 6.29 Å². The van der Waals surface area contributed by atoms with Crippen LogP contribution in [0.1, 0.15) is 13.3 Å². The van der Waals surface area contributed by atoms with Crippen LogP contribution in [-0.2, 0) is 0 Å². The number of hydrogen-bond acceptors (Lipinski definition) is 6. The molecule has 6 nitrogen and oxygen atoms in total. The van der Waals surface area contributed by atoms with Gasteiger partial charge in [0.15, 0.2) is 0 Å². The minimum atomic E-state index is -0.512. The molecule has 0 atom stereocenters. The number of nitrogens with two attached hydrogens (primary N) is 4. The summed E-state index contributed by atoms with van der Waals surface area (Å²) in [5, 5.41) is 0. The quantitative estimate of drug-likeness (QED) is 0.418. The van der Waals surface area contributed by atoms with E-state index in [4.69, 9.17) is 32.4 Å². The number of halogens is 4. The fourth-order valence-electron chi connectivity index (χ4n) is 1.82. The fraction of sp³-hybridized carbons (Fsp3) is 0.200. The van der Waals surface area contributed by atoms with E-state index in [9.17, 15) is 0 Å². The first-order chi connectivity index (χ1) is 9.99. The Labute approximate surface area is 172 Å². The summed E-state index contributed by atoms with van der Waals surface area (Å²) in [6.07, 6.45) is 0.107. The third-order valence-electron chi connectivity index (χ3n) is 2.92. The van der Waals surface area contributed by atoms with E-state index in [0.29, 0.717) is 40.7 Å². The van der Waals surface area contributed by atoms with E-state index in [1.807, 2.05) is 6.92 Å². The molecule has 2 aromatic rings. The van der Waals surface area contributed by atoms with E-state index >= 15 is 0 Å². The summed E-state index contributed by atoms with van der Waals surface area (Å²) in [4.78, 5) is 0. The van der Waals surface area contributed by atoms with Crippen LogP contribution in [0.2, 0.25) is 0 Å². The minimum absolute atomic E-state index is 0. The molecular formula is C15H24Cl4N4O2. The lowest BCUT2D eigenvalue weighted by atomic mass is 10.2. The Morgan fingerprint density at radius 1 is 0.720 bits per heavy atom. The largest absolute Gasteiger partial charge is 0.453 e. The third-order valence-corrected chi connectivity index (χ3v) is 2.92. The van der Waals surface area contributed by atoms with Gasteiger partial charge in [-0.05, 0) is 36.4 Å².